The molecular weight excluding hydrogens is 395 g/mol. The van der Waals surface area contributed by atoms with E-state index in [-0.39, 0.29) is 40.7 Å². The van der Waals surface area contributed by atoms with E-state index >= 15 is 0 Å². The van der Waals surface area contributed by atoms with E-state index in [4.69, 9.17) is 4.74 Å². The summed E-state index contributed by atoms with van der Waals surface area (Å²) in [7, 11) is 1.45. The number of carbonyl (C=O) groups is 1. The summed E-state index contributed by atoms with van der Waals surface area (Å²) < 4.78 is 19.6. The molecule has 0 heterocycles. The number of rotatable bonds is 5. The maximum Gasteiger partial charge on any atom is 0.305 e. The van der Waals surface area contributed by atoms with Crippen LogP contribution in [0.25, 0.3) is 0 Å². The lowest BCUT2D eigenvalue weighted by atomic mass is 9.41. The van der Waals surface area contributed by atoms with Gasteiger partial charge in [0, 0.05) is 6.42 Å². The Hall–Kier alpha value is -0.680. The smallest absolute Gasteiger partial charge is 0.305 e. The van der Waals surface area contributed by atoms with E-state index in [0.717, 1.165) is 38.5 Å². The van der Waals surface area contributed by atoms with Crippen molar-refractivity contribution in [2.45, 2.75) is 103 Å². The molecule has 0 aromatic carbocycles. The third kappa shape index (κ3) is 3.66. The summed E-state index contributed by atoms with van der Waals surface area (Å²) in [6, 6.07) is 0. The number of methoxy groups -OCH3 is 1. The van der Waals surface area contributed by atoms with E-state index in [1.165, 1.54) is 13.5 Å². The Morgan fingerprint density at radius 2 is 1.81 bits per heavy atom. The van der Waals surface area contributed by atoms with Crippen molar-refractivity contribution in [1.82, 2.24) is 0 Å². The predicted molar refractivity (Wildman–Crippen MR) is 118 cm³/mol. The zero-order chi connectivity index (χ0) is 22.6. The second kappa shape index (κ2) is 8.59. The van der Waals surface area contributed by atoms with Crippen molar-refractivity contribution in [3.05, 3.63) is 0 Å². The normalized spacial score (nSPS) is 51.5. The third-order valence-corrected chi connectivity index (χ3v) is 10.8. The van der Waals surface area contributed by atoms with Gasteiger partial charge in [0.05, 0.1) is 19.3 Å². The van der Waals surface area contributed by atoms with Gasteiger partial charge in [-0.25, -0.2) is 4.39 Å². The molecule has 5 heteroatoms. The fraction of sp³-hybridized carbons (Fsp3) is 0.962. The molecule has 4 fully saturated rings. The molecule has 0 spiro atoms. The van der Waals surface area contributed by atoms with Gasteiger partial charge in [-0.1, -0.05) is 27.2 Å². The fourth-order valence-electron chi connectivity index (χ4n) is 9.14. The first kappa shape index (κ1) is 23.5. The highest BCUT2D eigenvalue weighted by molar-refractivity contribution is 5.68. The monoisotopic (exact) mass is 438 g/mol. The van der Waals surface area contributed by atoms with Crippen molar-refractivity contribution in [3.8, 4) is 0 Å². The van der Waals surface area contributed by atoms with Crippen molar-refractivity contribution in [2.75, 3.05) is 7.11 Å². The van der Waals surface area contributed by atoms with E-state index < -0.39 is 12.3 Å². The van der Waals surface area contributed by atoms with Crippen LogP contribution >= 0.6 is 0 Å². The molecule has 4 aliphatic rings. The molecule has 4 nitrogen and oxygen atoms in total. The first-order valence-corrected chi connectivity index (χ1v) is 12.7. The van der Waals surface area contributed by atoms with Gasteiger partial charge in [-0.05, 0) is 97.7 Å². The zero-order valence-electron chi connectivity index (χ0n) is 19.9. The number of hydrogen-bond acceptors (Lipinski definition) is 4. The lowest BCUT2D eigenvalue weighted by molar-refractivity contribution is -0.212. The number of aliphatic hydroxyl groups is 2. The van der Waals surface area contributed by atoms with Gasteiger partial charge < -0.3 is 14.9 Å². The average molecular weight is 439 g/mol. The van der Waals surface area contributed by atoms with Gasteiger partial charge in [0.15, 0.2) is 0 Å². The van der Waals surface area contributed by atoms with E-state index in [9.17, 15) is 19.4 Å². The first-order chi connectivity index (χ1) is 14.7. The second-order valence-electron chi connectivity index (χ2n) is 11.8. The highest BCUT2D eigenvalue weighted by Gasteiger charge is 2.65. The number of esters is 1. The molecule has 4 saturated carbocycles. The maximum atomic E-state index is 14.8. The molecule has 0 bridgehead atoms. The minimum absolute atomic E-state index is 0.129. The van der Waals surface area contributed by atoms with Crippen LogP contribution < -0.4 is 0 Å². The topological polar surface area (TPSA) is 66.8 Å². The molecule has 0 aromatic heterocycles. The van der Waals surface area contributed by atoms with Crippen molar-refractivity contribution < 1.29 is 24.1 Å². The summed E-state index contributed by atoms with van der Waals surface area (Å²) in [5, 5.41) is 22.0. The third-order valence-electron chi connectivity index (χ3n) is 10.8. The van der Waals surface area contributed by atoms with Gasteiger partial charge in [0.25, 0.3) is 0 Å². The van der Waals surface area contributed by atoms with Gasteiger partial charge in [0.1, 0.15) is 6.17 Å². The van der Waals surface area contributed by atoms with Gasteiger partial charge in [-0.15, -0.1) is 0 Å². The predicted octanol–water partition coefficient (Wildman–Crippen LogP) is 4.90. The van der Waals surface area contributed by atoms with E-state index in [1.54, 1.807) is 0 Å². The Morgan fingerprint density at radius 1 is 1.10 bits per heavy atom. The van der Waals surface area contributed by atoms with Gasteiger partial charge in [-0.3, -0.25) is 4.79 Å². The van der Waals surface area contributed by atoms with Crippen LogP contribution in [0.5, 0.6) is 0 Å². The number of fused-ring (bicyclic) bond motifs is 5. The highest BCUT2D eigenvalue weighted by atomic mass is 19.1. The quantitative estimate of drug-likeness (QED) is 0.599. The van der Waals surface area contributed by atoms with Crippen LogP contribution in [0.2, 0.25) is 0 Å². The minimum atomic E-state index is -1.14. The van der Waals surface area contributed by atoms with Gasteiger partial charge in [0.2, 0.25) is 0 Å². The van der Waals surface area contributed by atoms with Crippen LogP contribution in [-0.2, 0) is 9.53 Å². The Bertz CT molecular complexity index is 670. The highest BCUT2D eigenvalue weighted by Crippen LogP contribution is 2.69. The summed E-state index contributed by atoms with van der Waals surface area (Å²) >= 11 is 0. The van der Waals surface area contributed by atoms with Crippen molar-refractivity contribution in [3.63, 3.8) is 0 Å². The number of halogens is 1. The fourth-order valence-corrected chi connectivity index (χ4v) is 9.14. The molecular formula is C26H43FO4. The summed E-state index contributed by atoms with van der Waals surface area (Å²) in [6.45, 7) is 6.84. The van der Waals surface area contributed by atoms with Crippen molar-refractivity contribution in [1.29, 1.82) is 0 Å². The zero-order valence-corrected chi connectivity index (χ0v) is 19.9. The second-order valence-corrected chi connectivity index (χ2v) is 11.8. The Labute approximate surface area is 187 Å². The van der Waals surface area contributed by atoms with Crippen LogP contribution in [0.3, 0.4) is 0 Å². The number of ether oxygens (including phenoxy) is 1. The van der Waals surface area contributed by atoms with Gasteiger partial charge >= 0.3 is 5.97 Å². The van der Waals surface area contributed by atoms with Gasteiger partial charge in [-0.2, -0.15) is 0 Å². The molecule has 0 aliphatic heterocycles. The minimum Gasteiger partial charge on any atom is -0.469 e. The number of alkyl halides is 1. The van der Waals surface area contributed by atoms with E-state index in [2.05, 4.69) is 20.8 Å². The molecule has 31 heavy (non-hydrogen) atoms. The molecule has 4 aliphatic carbocycles. The van der Waals surface area contributed by atoms with Crippen LogP contribution in [0.1, 0.15) is 85.0 Å². The molecule has 3 unspecified atom stereocenters. The molecule has 11 atom stereocenters. The Balaban J connectivity index is 1.57. The summed E-state index contributed by atoms with van der Waals surface area (Å²) in [5.74, 6) is 1.86. The molecule has 4 rings (SSSR count). The summed E-state index contributed by atoms with van der Waals surface area (Å²) in [5.41, 5.74) is 0.0660. The van der Waals surface area contributed by atoms with Crippen LogP contribution in [0, 0.1) is 46.3 Å². The van der Waals surface area contributed by atoms with E-state index in [1.807, 2.05) is 0 Å². The maximum absolute atomic E-state index is 14.8. The standard InChI is InChI=1S/C26H43FO4/c1-5-16-19-13-21(28)20(27)14-26(19,3)18-11-12-25(2)15(7-6-8-22(29)31-4)9-10-17(25)23(18)24(16)30/h15-21,23-24,28,30H,5-14H2,1-4H3/t15-,16+,17?,18?,19-,20-,21-,23?,24+,25+,26+/m0/s1. The Morgan fingerprint density at radius 3 is 2.48 bits per heavy atom. The molecule has 0 aromatic rings. The molecule has 0 saturated heterocycles. The number of hydrogen-bond donors (Lipinski definition) is 2. The summed E-state index contributed by atoms with van der Waals surface area (Å²) in [6.07, 6.45) is 6.34. The van der Waals surface area contributed by atoms with Crippen LogP contribution in [0.15, 0.2) is 0 Å². The van der Waals surface area contributed by atoms with Crippen molar-refractivity contribution in [2.24, 2.45) is 46.3 Å². The molecule has 0 amide bonds. The summed E-state index contributed by atoms with van der Waals surface area (Å²) in [4.78, 5) is 11.6. The molecule has 2 N–H and O–H groups in total. The van der Waals surface area contributed by atoms with Crippen LogP contribution in [0.4, 0.5) is 4.39 Å². The average Bonchev–Trinajstić information content (AvgIpc) is 3.07. The van der Waals surface area contributed by atoms with Crippen LogP contribution in [-0.4, -0.2) is 41.7 Å². The first-order valence-electron chi connectivity index (χ1n) is 12.7. The van der Waals surface area contributed by atoms with Crippen molar-refractivity contribution >= 4 is 5.97 Å². The SMILES string of the molecule is CC[C@H]1[C@@H](O)C2C3CC[C@H](CCCC(=O)OC)[C@@]3(C)CCC2[C@@]2(C)C[C@H](F)[C@@H](O)C[C@@H]12. The van der Waals surface area contributed by atoms with E-state index in [0.29, 0.717) is 37.0 Å². The molecule has 0 radical (unpaired) electrons. The lowest BCUT2D eigenvalue weighted by Gasteiger charge is -2.65. The lowest BCUT2D eigenvalue weighted by Crippen LogP contribution is -2.63. The molecule has 178 valence electrons. The Kier molecular flexibility index (Phi) is 6.51. The number of aliphatic hydroxyl groups excluding tert-OH is 2. The number of carbonyl (C=O) groups excluding carboxylic acids is 1. The largest absolute Gasteiger partial charge is 0.469 e.